The third kappa shape index (κ3) is 2.12. The van der Waals surface area contributed by atoms with E-state index >= 15 is 0 Å². The Labute approximate surface area is 108 Å². The van der Waals surface area contributed by atoms with Crippen molar-refractivity contribution in [3.63, 3.8) is 0 Å². The highest BCUT2D eigenvalue weighted by atomic mass is 19.1. The van der Waals surface area contributed by atoms with Crippen LogP contribution in [0.15, 0.2) is 18.2 Å². The summed E-state index contributed by atoms with van der Waals surface area (Å²) in [5.74, 6) is 1.55. The Hall–Kier alpha value is -1.09. The van der Waals surface area contributed by atoms with Crippen molar-refractivity contribution in [2.75, 3.05) is 25.0 Å². The summed E-state index contributed by atoms with van der Waals surface area (Å²) in [5.41, 5.74) is 1.81. The Morgan fingerprint density at radius 2 is 2.00 bits per heavy atom. The van der Waals surface area contributed by atoms with E-state index in [1.165, 1.54) is 19.3 Å². The van der Waals surface area contributed by atoms with E-state index in [2.05, 4.69) is 10.2 Å². The second kappa shape index (κ2) is 4.88. The molecule has 0 aromatic heterocycles. The molecule has 0 spiro atoms. The lowest BCUT2D eigenvalue weighted by molar-refractivity contribution is 0.494. The summed E-state index contributed by atoms with van der Waals surface area (Å²) in [6, 6.07) is 5.64. The highest BCUT2D eigenvalue weighted by Gasteiger charge is 2.36. The molecule has 1 aromatic rings. The predicted molar refractivity (Wildman–Crippen MR) is 72.2 cm³/mol. The van der Waals surface area contributed by atoms with E-state index in [4.69, 9.17) is 0 Å². The van der Waals surface area contributed by atoms with Gasteiger partial charge in [-0.1, -0.05) is 12.5 Å². The summed E-state index contributed by atoms with van der Waals surface area (Å²) in [4.78, 5) is 2.24. The fourth-order valence-corrected chi connectivity index (χ4v) is 3.55. The number of hydrogen-bond acceptors (Lipinski definition) is 2. The molecule has 1 saturated carbocycles. The first-order valence-corrected chi connectivity index (χ1v) is 6.96. The lowest BCUT2D eigenvalue weighted by atomic mass is 10.0. The van der Waals surface area contributed by atoms with Gasteiger partial charge in [0.1, 0.15) is 5.82 Å². The second-order valence-corrected chi connectivity index (χ2v) is 5.67. The van der Waals surface area contributed by atoms with Gasteiger partial charge in [-0.05, 0) is 49.4 Å². The smallest absolute Gasteiger partial charge is 0.146 e. The SMILES string of the molecule is CNCc1ccc(N2CC3CCCC3C2)c(F)c1. The van der Waals surface area contributed by atoms with Gasteiger partial charge in [-0.25, -0.2) is 4.39 Å². The molecule has 0 amide bonds. The van der Waals surface area contributed by atoms with Crippen molar-refractivity contribution in [1.29, 1.82) is 0 Å². The number of nitrogens with zero attached hydrogens (tertiary/aromatic N) is 1. The van der Waals surface area contributed by atoms with Gasteiger partial charge in [-0.3, -0.25) is 0 Å². The molecular formula is C15H21FN2. The lowest BCUT2D eigenvalue weighted by Gasteiger charge is -2.20. The highest BCUT2D eigenvalue weighted by molar-refractivity contribution is 5.50. The van der Waals surface area contributed by atoms with Crippen molar-refractivity contribution < 1.29 is 4.39 Å². The van der Waals surface area contributed by atoms with E-state index in [-0.39, 0.29) is 5.82 Å². The minimum atomic E-state index is -0.0669. The summed E-state index contributed by atoms with van der Waals surface area (Å²) in [7, 11) is 1.88. The Balaban J connectivity index is 1.76. The van der Waals surface area contributed by atoms with Crippen LogP contribution in [0.2, 0.25) is 0 Å². The van der Waals surface area contributed by atoms with Crippen LogP contribution in [-0.2, 0) is 6.54 Å². The van der Waals surface area contributed by atoms with Crippen molar-refractivity contribution in [3.8, 4) is 0 Å². The first-order chi connectivity index (χ1) is 8.78. The Bertz CT molecular complexity index is 421. The monoisotopic (exact) mass is 248 g/mol. The molecule has 1 heterocycles. The number of rotatable bonds is 3. The summed E-state index contributed by atoms with van der Waals surface area (Å²) < 4.78 is 14.1. The molecular weight excluding hydrogens is 227 g/mol. The van der Waals surface area contributed by atoms with Crippen molar-refractivity contribution in [2.24, 2.45) is 11.8 Å². The fourth-order valence-electron chi connectivity index (χ4n) is 3.55. The third-order valence-corrected chi connectivity index (χ3v) is 4.46. The van der Waals surface area contributed by atoms with Gasteiger partial charge in [0.2, 0.25) is 0 Å². The number of benzene rings is 1. The molecule has 2 unspecified atom stereocenters. The molecule has 2 nitrogen and oxygen atoms in total. The van der Waals surface area contributed by atoms with Crippen LogP contribution < -0.4 is 10.2 Å². The molecule has 98 valence electrons. The Kier molecular flexibility index (Phi) is 3.25. The molecule has 1 saturated heterocycles. The predicted octanol–water partition coefficient (Wildman–Crippen LogP) is 2.78. The second-order valence-electron chi connectivity index (χ2n) is 5.67. The van der Waals surface area contributed by atoms with Crippen LogP contribution >= 0.6 is 0 Å². The molecule has 0 radical (unpaired) electrons. The molecule has 3 rings (SSSR count). The van der Waals surface area contributed by atoms with E-state index in [0.29, 0.717) is 0 Å². The first-order valence-electron chi connectivity index (χ1n) is 6.96. The number of hydrogen-bond donors (Lipinski definition) is 1. The highest BCUT2D eigenvalue weighted by Crippen LogP contribution is 2.40. The molecule has 2 fully saturated rings. The van der Waals surface area contributed by atoms with E-state index < -0.39 is 0 Å². The van der Waals surface area contributed by atoms with Gasteiger partial charge < -0.3 is 10.2 Å². The van der Waals surface area contributed by atoms with Crippen LogP contribution in [0.5, 0.6) is 0 Å². The van der Waals surface area contributed by atoms with Crippen LogP contribution in [0.25, 0.3) is 0 Å². The molecule has 2 aliphatic rings. The van der Waals surface area contributed by atoms with E-state index in [1.807, 2.05) is 19.2 Å². The average Bonchev–Trinajstić information content (AvgIpc) is 2.89. The lowest BCUT2D eigenvalue weighted by Crippen LogP contribution is -2.22. The zero-order valence-corrected chi connectivity index (χ0v) is 11.0. The molecule has 2 atom stereocenters. The van der Waals surface area contributed by atoms with Crippen molar-refractivity contribution in [1.82, 2.24) is 5.32 Å². The number of nitrogens with one attached hydrogen (secondary N) is 1. The quantitative estimate of drug-likeness (QED) is 0.885. The molecule has 1 N–H and O–H groups in total. The van der Waals surface area contributed by atoms with Crippen molar-refractivity contribution in [3.05, 3.63) is 29.6 Å². The molecule has 1 aliphatic carbocycles. The van der Waals surface area contributed by atoms with E-state index in [0.717, 1.165) is 42.7 Å². The minimum Gasteiger partial charge on any atom is -0.369 e. The maximum Gasteiger partial charge on any atom is 0.146 e. The van der Waals surface area contributed by atoms with E-state index in [1.54, 1.807) is 6.07 Å². The van der Waals surface area contributed by atoms with Crippen molar-refractivity contribution >= 4 is 5.69 Å². The summed E-state index contributed by atoms with van der Waals surface area (Å²) in [6.07, 6.45) is 4.04. The third-order valence-electron chi connectivity index (χ3n) is 4.46. The van der Waals surface area contributed by atoms with Gasteiger partial charge in [0.25, 0.3) is 0 Å². The first kappa shape index (κ1) is 12.0. The van der Waals surface area contributed by atoms with Crippen LogP contribution in [0.4, 0.5) is 10.1 Å². The number of anilines is 1. The van der Waals surface area contributed by atoms with Gasteiger partial charge in [-0.15, -0.1) is 0 Å². The average molecular weight is 248 g/mol. The van der Waals surface area contributed by atoms with Gasteiger partial charge in [-0.2, -0.15) is 0 Å². The molecule has 0 bridgehead atoms. The van der Waals surface area contributed by atoms with Crippen LogP contribution in [-0.4, -0.2) is 20.1 Å². The zero-order chi connectivity index (χ0) is 12.5. The fraction of sp³-hybridized carbons (Fsp3) is 0.600. The topological polar surface area (TPSA) is 15.3 Å². The van der Waals surface area contributed by atoms with Gasteiger partial charge in [0, 0.05) is 19.6 Å². The van der Waals surface area contributed by atoms with Gasteiger partial charge in [0.15, 0.2) is 0 Å². The summed E-state index contributed by atoms with van der Waals surface area (Å²) in [6.45, 7) is 2.82. The maximum atomic E-state index is 14.1. The number of halogens is 1. The molecule has 3 heteroatoms. The Morgan fingerprint density at radius 3 is 2.61 bits per heavy atom. The van der Waals surface area contributed by atoms with Crippen LogP contribution in [0.1, 0.15) is 24.8 Å². The molecule has 1 aliphatic heterocycles. The zero-order valence-electron chi connectivity index (χ0n) is 11.0. The largest absolute Gasteiger partial charge is 0.369 e. The van der Waals surface area contributed by atoms with Gasteiger partial charge in [0.05, 0.1) is 5.69 Å². The Morgan fingerprint density at radius 1 is 1.28 bits per heavy atom. The van der Waals surface area contributed by atoms with Gasteiger partial charge >= 0.3 is 0 Å². The molecule has 18 heavy (non-hydrogen) atoms. The summed E-state index contributed by atoms with van der Waals surface area (Å²) >= 11 is 0. The summed E-state index contributed by atoms with van der Waals surface area (Å²) in [5, 5.41) is 3.05. The maximum absolute atomic E-state index is 14.1. The normalized spacial score (nSPS) is 26.7. The van der Waals surface area contributed by atoms with Crippen LogP contribution in [0, 0.1) is 17.7 Å². The molecule has 1 aromatic carbocycles. The minimum absolute atomic E-state index is 0.0669. The standard InChI is InChI=1S/C15H21FN2/c1-17-8-11-5-6-15(14(16)7-11)18-9-12-3-2-4-13(12)10-18/h5-7,12-13,17H,2-4,8-10H2,1H3. The van der Waals surface area contributed by atoms with E-state index in [9.17, 15) is 4.39 Å². The number of fused-ring (bicyclic) bond motifs is 1. The van der Waals surface area contributed by atoms with Crippen molar-refractivity contribution in [2.45, 2.75) is 25.8 Å². The van der Waals surface area contributed by atoms with Crippen LogP contribution in [0.3, 0.4) is 0 Å².